The molecule has 3 nitrogen and oxygen atoms in total. The van der Waals surface area contributed by atoms with Crippen molar-refractivity contribution in [1.29, 1.82) is 0 Å². The third-order valence-corrected chi connectivity index (χ3v) is 8.91. The molecule has 1 aromatic carbocycles. The van der Waals surface area contributed by atoms with E-state index in [2.05, 4.69) is 32.9 Å². The van der Waals surface area contributed by atoms with Crippen molar-refractivity contribution in [3.63, 3.8) is 0 Å². The van der Waals surface area contributed by atoms with E-state index < -0.39 is 0 Å². The van der Waals surface area contributed by atoms with Crippen LogP contribution in [0.3, 0.4) is 0 Å². The van der Waals surface area contributed by atoms with Gasteiger partial charge in [-0.25, -0.2) is 0 Å². The molecule has 0 aliphatic carbocycles. The molecule has 1 aromatic rings. The molecule has 0 aliphatic rings. The van der Waals surface area contributed by atoms with Crippen LogP contribution in [-0.4, -0.2) is 34.8 Å². The van der Waals surface area contributed by atoms with Crippen molar-refractivity contribution in [1.82, 2.24) is 0 Å². The van der Waals surface area contributed by atoms with Gasteiger partial charge >= 0.3 is 5.97 Å². The summed E-state index contributed by atoms with van der Waals surface area (Å²) in [5.41, 5.74) is 1.15. The Morgan fingerprint density at radius 3 is 1.77 bits per heavy atom. The summed E-state index contributed by atoms with van der Waals surface area (Å²) >= 11 is 3.76. The molecule has 1 rings (SSSR count). The Morgan fingerprint density at radius 2 is 1.26 bits per heavy atom. The summed E-state index contributed by atoms with van der Waals surface area (Å²) in [7, 11) is 0. The van der Waals surface area contributed by atoms with Crippen molar-refractivity contribution in [2.75, 3.05) is 18.1 Å². The maximum absolute atomic E-state index is 12.4. The third-order valence-electron chi connectivity index (χ3n) is 6.17. The number of esters is 1. The van der Waals surface area contributed by atoms with Gasteiger partial charge in [-0.2, -0.15) is 0 Å². The van der Waals surface area contributed by atoms with E-state index in [1.54, 1.807) is 0 Å². The van der Waals surface area contributed by atoms with Crippen LogP contribution < -0.4 is 0 Å². The van der Waals surface area contributed by atoms with Crippen LogP contribution in [-0.2, 0) is 20.9 Å². The summed E-state index contributed by atoms with van der Waals surface area (Å²) in [5, 5.41) is 0. The highest BCUT2D eigenvalue weighted by Crippen LogP contribution is 2.29. The number of thioether (sulfide) groups is 2. The molecule has 5 heteroatoms. The molecule has 0 N–H and O–H groups in total. The van der Waals surface area contributed by atoms with Gasteiger partial charge in [-0.15, -0.1) is 23.5 Å². The maximum Gasteiger partial charge on any atom is 0.305 e. The summed E-state index contributed by atoms with van der Waals surface area (Å²) < 4.78 is 12.2. The lowest BCUT2D eigenvalue weighted by Gasteiger charge is -2.26. The van der Waals surface area contributed by atoms with Gasteiger partial charge in [-0.1, -0.05) is 128 Å². The van der Waals surface area contributed by atoms with Gasteiger partial charge in [-0.05, 0) is 23.5 Å². The molecule has 0 unspecified atom stereocenters. The van der Waals surface area contributed by atoms with E-state index in [9.17, 15) is 4.79 Å². The highest BCUT2D eigenvalue weighted by atomic mass is 32.2. The van der Waals surface area contributed by atoms with Crippen molar-refractivity contribution in [3.8, 4) is 0 Å². The zero-order valence-electron chi connectivity index (χ0n) is 22.8. The lowest BCUT2D eigenvalue weighted by molar-refractivity contribution is -0.148. The lowest BCUT2D eigenvalue weighted by atomic mass is 10.0. The first-order chi connectivity index (χ1) is 17.2. The third kappa shape index (κ3) is 18.3. The van der Waals surface area contributed by atoms with Gasteiger partial charge in [0.05, 0.1) is 11.2 Å². The summed E-state index contributed by atoms with van der Waals surface area (Å²) in [6.07, 6.45) is 17.5. The smallest absolute Gasteiger partial charge is 0.305 e. The summed E-state index contributed by atoms with van der Waals surface area (Å²) in [5.74, 6) is 1.97. The number of hydrogen-bond acceptors (Lipinski definition) is 5. The lowest BCUT2D eigenvalue weighted by Crippen LogP contribution is -2.31. The van der Waals surface area contributed by atoms with Gasteiger partial charge in [0.2, 0.25) is 0 Å². The fraction of sp³-hybridized carbons (Fsp3) is 0.767. The van der Waals surface area contributed by atoms with Crippen LogP contribution in [0.1, 0.15) is 116 Å². The minimum absolute atomic E-state index is 0.0804. The van der Waals surface area contributed by atoms with Crippen molar-refractivity contribution in [3.05, 3.63) is 35.9 Å². The highest BCUT2D eigenvalue weighted by molar-refractivity contribution is 8.17. The van der Waals surface area contributed by atoms with E-state index in [0.29, 0.717) is 19.6 Å². The summed E-state index contributed by atoms with van der Waals surface area (Å²) in [6.45, 7) is 7.50. The molecule has 0 spiro atoms. The van der Waals surface area contributed by atoms with Crippen LogP contribution in [0.2, 0.25) is 0 Å². The van der Waals surface area contributed by atoms with E-state index >= 15 is 0 Å². The van der Waals surface area contributed by atoms with Crippen LogP contribution in [0.15, 0.2) is 30.3 Å². The van der Waals surface area contributed by atoms with E-state index in [-0.39, 0.29) is 16.7 Å². The Bertz CT molecular complexity index is 591. The van der Waals surface area contributed by atoms with Crippen LogP contribution >= 0.6 is 23.5 Å². The standard InChI is InChI=1S/C30H52O3S2/c1-4-7-8-9-10-11-12-13-14-15-16-17-21-24-29(31)33-26-28(30(34-5-2)35-6-3)32-25-27-22-19-18-20-23-27/h18-20,22-23,28,30H,4-17,21,24-26H2,1-3H3/t28-/m1/s1. The Morgan fingerprint density at radius 1 is 0.743 bits per heavy atom. The molecule has 202 valence electrons. The molecule has 0 saturated heterocycles. The van der Waals surface area contributed by atoms with Crippen LogP contribution in [0, 0.1) is 0 Å². The van der Waals surface area contributed by atoms with Crippen molar-refractivity contribution in [2.45, 2.75) is 128 Å². The molecule has 0 fully saturated rings. The minimum Gasteiger partial charge on any atom is -0.463 e. The fourth-order valence-corrected chi connectivity index (χ4v) is 6.71. The van der Waals surface area contributed by atoms with Crippen molar-refractivity contribution < 1.29 is 14.3 Å². The average Bonchev–Trinajstić information content (AvgIpc) is 2.87. The second kappa shape index (κ2) is 23.7. The Labute approximate surface area is 225 Å². The zero-order chi connectivity index (χ0) is 25.4. The second-order valence-electron chi connectivity index (χ2n) is 9.29. The van der Waals surface area contributed by atoms with Gasteiger partial charge in [-0.3, -0.25) is 4.79 Å². The van der Waals surface area contributed by atoms with E-state index in [4.69, 9.17) is 9.47 Å². The molecule has 0 radical (unpaired) electrons. The summed E-state index contributed by atoms with van der Waals surface area (Å²) in [4.78, 5) is 12.4. The molecular weight excluding hydrogens is 472 g/mol. The first-order valence-electron chi connectivity index (χ1n) is 14.3. The minimum atomic E-state index is -0.0966. The SMILES string of the molecule is CCCCCCCCCCCCCCCC(=O)OC[C@@H](OCc1ccccc1)C(SCC)SCC. The molecule has 0 heterocycles. The number of hydrogen-bond donors (Lipinski definition) is 0. The van der Waals surface area contributed by atoms with Gasteiger partial charge < -0.3 is 9.47 Å². The number of unbranched alkanes of at least 4 members (excludes halogenated alkanes) is 12. The van der Waals surface area contributed by atoms with Crippen LogP contribution in [0.4, 0.5) is 0 Å². The monoisotopic (exact) mass is 524 g/mol. The van der Waals surface area contributed by atoms with Crippen molar-refractivity contribution >= 4 is 29.5 Å². The number of carbonyl (C=O) groups excluding carboxylic acids is 1. The van der Waals surface area contributed by atoms with Crippen LogP contribution in [0.25, 0.3) is 0 Å². The fourth-order valence-electron chi connectivity index (χ4n) is 4.11. The predicted molar refractivity (Wildman–Crippen MR) is 156 cm³/mol. The largest absolute Gasteiger partial charge is 0.463 e. The topological polar surface area (TPSA) is 35.5 Å². The molecule has 1 atom stereocenters. The van der Waals surface area contributed by atoms with Gasteiger partial charge in [0.1, 0.15) is 12.7 Å². The Kier molecular flexibility index (Phi) is 22.0. The predicted octanol–water partition coefficient (Wildman–Crippen LogP) is 9.43. The molecular formula is C30H52O3S2. The Balaban J connectivity index is 2.18. The number of carbonyl (C=O) groups is 1. The second-order valence-corrected chi connectivity index (χ2v) is 12.4. The first kappa shape index (κ1) is 32.4. The van der Waals surface area contributed by atoms with Crippen LogP contribution in [0.5, 0.6) is 0 Å². The maximum atomic E-state index is 12.4. The molecule has 0 bridgehead atoms. The number of benzene rings is 1. The molecule has 0 amide bonds. The number of rotatable bonds is 24. The van der Waals surface area contributed by atoms with Crippen molar-refractivity contribution in [2.24, 2.45) is 0 Å². The Hall–Kier alpha value is -0.650. The highest BCUT2D eigenvalue weighted by Gasteiger charge is 2.24. The van der Waals surface area contributed by atoms with Gasteiger partial charge in [0, 0.05) is 6.42 Å². The zero-order valence-corrected chi connectivity index (χ0v) is 24.4. The molecule has 0 saturated carbocycles. The van der Waals surface area contributed by atoms with E-state index in [1.165, 1.54) is 70.6 Å². The normalized spacial score (nSPS) is 12.2. The molecule has 0 aliphatic heterocycles. The molecule has 0 aromatic heterocycles. The van der Waals surface area contributed by atoms with E-state index in [0.717, 1.165) is 29.9 Å². The van der Waals surface area contributed by atoms with Gasteiger partial charge in [0.25, 0.3) is 0 Å². The number of ether oxygens (including phenoxy) is 2. The quantitative estimate of drug-likeness (QED) is 0.0764. The van der Waals surface area contributed by atoms with Gasteiger partial charge in [0.15, 0.2) is 0 Å². The summed E-state index contributed by atoms with van der Waals surface area (Å²) in [6, 6.07) is 10.2. The van der Waals surface area contributed by atoms with E-state index in [1.807, 2.05) is 41.7 Å². The first-order valence-corrected chi connectivity index (χ1v) is 16.3. The average molecular weight is 525 g/mol. The molecule has 35 heavy (non-hydrogen) atoms.